The van der Waals surface area contributed by atoms with Crippen LogP contribution in [-0.2, 0) is 11.2 Å². The van der Waals surface area contributed by atoms with Crippen molar-refractivity contribution in [2.75, 3.05) is 46.4 Å². The standard InChI is InChI=1S/C20H33N7O.HI/c1-3-21-20(23-17-9-13-26(14-10-17)15-16-28-2)22-11-6-8-19-25-24-18-7-4-5-12-27(18)19;/h4-5,7,12,17H,3,6,8-11,13-16H2,1-2H3,(H2,21,22,23);1H. The second-order valence-corrected chi connectivity index (χ2v) is 7.16. The number of rotatable bonds is 9. The molecule has 9 heteroatoms. The summed E-state index contributed by atoms with van der Waals surface area (Å²) in [6.07, 6.45) is 6.10. The van der Waals surface area contributed by atoms with Gasteiger partial charge in [-0.15, -0.1) is 34.2 Å². The molecule has 0 bridgehead atoms. The molecule has 1 aliphatic rings. The molecule has 2 N–H and O–H groups in total. The molecule has 8 nitrogen and oxygen atoms in total. The third-order valence-corrected chi connectivity index (χ3v) is 5.10. The van der Waals surface area contributed by atoms with Crippen LogP contribution in [0.4, 0.5) is 0 Å². The van der Waals surface area contributed by atoms with E-state index in [2.05, 4.69) is 32.7 Å². The highest BCUT2D eigenvalue weighted by molar-refractivity contribution is 14.0. The van der Waals surface area contributed by atoms with Crippen molar-refractivity contribution in [2.45, 2.75) is 38.6 Å². The minimum Gasteiger partial charge on any atom is -0.383 e. The Morgan fingerprint density at radius 1 is 1.28 bits per heavy atom. The Hall–Kier alpha value is -1.46. The molecule has 0 atom stereocenters. The average Bonchev–Trinajstić information content (AvgIpc) is 3.14. The minimum atomic E-state index is 0. The first kappa shape index (κ1) is 23.8. The largest absolute Gasteiger partial charge is 0.383 e. The number of likely N-dealkylation sites (tertiary alicyclic amines) is 1. The fourth-order valence-electron chi connectivity index (χ4n) is 3.52. The molecule has 2 aromatic rings. The minimum absolute atomic E-state index is 0. The van der Waals surface area contributed by atoms with Gasteiger partial charge in [-0.2, -0.15) is 0 Å². The van der Waals surface area contributed by atoms with Crippen LogP contribution in [0.15, 0.2) is 29.4 Å². The number of aliphatic imine (C=N–C) groups is 1. The van der Waals surface area contributed by atoms with Gasteiger partial charge in [-0.25, -0.2) is 0 Å². The van der Waals surface area contributed by atoms with Gasteiger partial charge in [0.15, 0.2) is 11.6 Å². The Labute approximate surface area is 190 Å². The van der Waals surface area contributed by atoms with E-state index in [1.54, 1.807) is 7.11 Å². The Balaban J connectivity index is 0.00000300. The van der Waals surface area contributed by atoms with Crippen molar-refractivity contribution in [3.05, 3.63) is 30.2 Å². The lowest BCUT2D eigenvalue weighted by Gasteiger charge is -2.32. The second kappa shape index (κ2) is 13.0. The molecule has 0 aromatic carbocycles. The van der Waals surface area contributed by atoms with E-state index in [0.29, 0.717) is 6.04 Å². The van der Waals surface area contributed by atoms with Crippen molar-refractivity contribution in [3.8, 4) is 0 Å². The number of piperidine rings is 1. The summed E-state index contributed by atoms with van der Waals surface area (Å²) in [5.74, 6) is 1.91. The zero-order chi connectivity index (χ0) is 19.6. The molecule has 0 saturated carbocycles. The first-order chi connectivity index (χ1) is 13.8. The predicted octanol–water partition coefficient (Wildman–Crippen LogP) is 1.95. The van der Waals surface area contributed by atoms with E-state index >= 15 is 0 Å². The Bertz CT molecular complexity index is 743. The maximum Gasteiger partial charge on any atom is 0.191 e. The van der Waals surface area contributed by atoms with Gasteiger partial charge in [0.2, 0.25) is 0 Å². The summed E-state index contributed by atoms with van der Waals surface area (Å²) in [6, 6.07) is 6.44. The van der Waals surface area contributed by atoms with Crippen LogP contribution in [0.1, 0.15) is 32.0 Å². The fourth-order valence-corrected chi connectivity index (χ4v) is 3.52. The van der Waals surface area contributed by atoms with Gasteiger partial charge in [-0.1, -0.05) is 6.07 Å². The van der Waals surface area contributed by atoms with E-state index < -0.39 is 0 Å². The number of fused-ring (bicyclic) bond motifs is 1. The first-order valence-electron chi connectivity index (χ1n) is 10.3. The molecule has 1 saturated heterocycles. The van der Waals surface area contributed by atoms with Gasteiger partial charge in [0.25, 0.3) is 0 Å². The molecule has 0 spiro atoms. The number of methoxy groups -OCH3 is 1. The zero-order valence-electron chi connectivity index (χ0n) is 17.5. The second-order valence-electron chi connectivity index (χ2n) is 7.16. The van der Waals surface area contributed by atoms with Gasteiger partial charge in [-0.3, -0.25) is 9.39 Å². The maximum atomic E-state index is 5.18. The number of nitrogens with zero attached hydrogens (tertiary/aromatic N) is 5. The monoisotopic (exact) mass is 515 g/mol. The number of guanidine groups is 1. The van der Waals surface area contributed by atoms with Crippen LogP contribution in [0.25, 0.3) is 5.65 Å². The lowest BCUT2D eigenvalue weighted by molar-refractivity contribution is 0.128. The number of hydrogen-bond acceptors (Lipinski definition) is 5. The number of aromatic nitrogens is 3. The zero-order valence-corrected chi connectivity index (χ0v) is 19.8. The van der Waals surface area contributed by atoms with Crippen LogP contribution in [0.3, 0.4) is 0 Å². The summed E-state index contributed by atoms with van der Waals surface area (Å²) in [6.45, 7) is 7.79. The molecular formula is C20H34IN7O. The fraction of sp³-hybridized carbons (Fsp3) is 0.650. The van der Waals surface area contributed by atoms with Crippen molar-refractivity contribution in [1.82, 2.24) is 30.1 Å². The topological polar surface area (TPSA) is 79.1 Å². The lowest BCUT2D eigenvalue weighted by atomic mass is 10.1. The normalized spacial score (nSPS) is 16.0. The van der Waals surface area contributed by atoms with Gasteiger partial charge < -0.3 is 20.3 Å². The van der Waals surface area contributed by atoms with Crippen LogP contribution in [0, 0.1) is 0 Å². The smallest absolute Gasteiger partial charge is 0.191 e. The quantitative estimate of drug-likeness (QED) is 0.230. The highest BCUT2D eigenvalue weighted by Gasteiger charge is 2.19. The molecule has 0 radical (unpaired) electrons. The summed E-state index contributed by atoms with van der Waals surface area (Å²) in [5.41, 5.74) is 0.896. The number of ether oxygens (including phenoxy) is 1. The summed E-state index contributed by atoms with van der Waals surface area (Å²) in [4.78, 5) is 7.23. The molecule has 162 valence electrons. The summed E-state index contributed by atoms with van der Waals surface area (Å²) in [7, 11) is 1.76. The summed E-state index contributed by atoms with van der Waals surface area (Å²) >= 11 is 0. The molecule has 0 unspecified atom stereocenters. The predicted molar refractivity (Wildman–Crippen MR) is 127 cm³/mol. The van der Waals surface area contributed by atoms with Gasteiger partial charge in [0.1, 0.15) is 5.82 Å². The molecular weight excluding hydrogens is 481 g/mol. The van der Waals surface area contributed by atoms with Crippen molar-refractivity contribution in [1.29, 1.82) is 0 Å². The van der Waals surface area contributed by atoms with Gasteiger partial charge >= 0.3 is 0 Å². The molecule has 29 heavy (non-hydrogen) atoms. The van der Waals surface area contributed by atoms with Crippen LogP contribution in [-0.4, -0.2) is 77.9 Å². The highest BCUT2D eigenvalue weighted by atomic mass is 127. The molecule has 3 rings (SSSR count). The number of pyridine rings is 1. The Kier molecular flexibility index (Phi) is 10.6. The SMILES string of the molecule is CCNC(=NCCCc1nnc2ccccn12)NC1CCN(CCOC)CC1.I. The van der Waals surface area contributed by atoms with Crippen molar-refractivity contribution < 1.29 is 4.74 Å². The van der Waals surface area contributed by atoms with E-state index in [1.165, 1.54) is 0 Å². The maximum absolute atomic E-state index is 5.18. The van der Waals surface area contributed by atoms with Gasteiger partial charge in [0, 0.05) is 58.5 Å². The van der Waals surface area contributed by atoms with E-state index in [4.69, 9.17) is 9.73 Å². The number of aryl methyl sites for hydroxylation is 1. The lowest BCUT2D eigenvalue weighted by Crippen LogP contribution is -2.49. The van der Waals surface area contributed by atoms with Crippen LogP contribution in [0.2, 0.25) is 0 Å². The van der Waals surface area contributed by atoms with Crippen LogP contribution in [0.5, 0.6) is 0 Å². The molecule has 3 heterocycles. The van der Waals surface area contributed by atoms with Crippen molar-refractivity contribution in [3.63, 3.8) is 0 Å². The molecule has 0 aliphatic carbocycles. The van der Waals surface area contributed by atoms with Gasteiger partial charge in [-0.05, 0) is 38.3 Å². The van der Waals surface area contributed by atoms with E-state index in [0.717, 1.165) is 82.4 Å². The molecule has 2 aromatic heterocycles. The number of hydrogen-bond donors (Lipinski definition) is 2. The van der Waals surface area contributed by atoms with E-state index in [9.17, 15) is 0 Å². The highest BCUT2D eigenvalue weighted by Crippen LogP contribution is 2.10. The summed E-state index contributed by atoms with van der Waals surface area (Å²) < 4.78 is 7.22. The van der Waals surface area contributed by atoms with E-state index in [1.807, 2.05) is 28.8 Å². The van der Waals surface area contributed by atoms with Crippen molar-refractivity contribution >= 4 is 35.6 Å². The number of halogens is 1. The van der Waals surface area contributed by atoms with E-state index in [-0.39, 0.29) is 24.0 Å². The van der Waals surface area contributed by atoms with Gasteiger partial charge in [0.05, 0.1) is 6.61 Å². The van der Waals surface area contributed by atoms with Crippen LogP contribution < -0.4 is 10.6 Å². The van der Waals surface area contributed by atoms with Crippen LogP contribution >= 0.6 is 24.0 Å². The average molecular weight is 515 g/mol. The number of nitrogens with one attached hydrogen (secondary N) is 2. The Morgan fingerprint density at radius 3 is 2.86 bits per heavy atom. The third-order valence-electron chi connectivity index (χ3n) is 5.10. The molecule has 1 aliphatic heterocycles. The first-order valence-corrected chi connectivity index (χ1v) is 10.3. The third kappa shape index (κ3) is 7.38. The summed E-state index contributed by atoms with van der Waals surface area (Å²) in [5, 5.41) is 15.5. The van der Waals surface area contributed by atoms with Crippen molar-refractivity contribution in [2.24, 2.45) is 4.99 Å². The molecule has 0 amide bonds. The molecule has 1 fully saturated rings. The Morgan fingerprint density at radius 2 is 2.10 bits per heavy atom.